The lowest BCUT2D eigenvalue weighted by atomic mass is 10.0. The first-order chi connectivity index (χ1) is 8.40. The summed E-state index contributed by atoms with van der Waals surface area (Å²) in [6, 6.07) is 7.15. The normalized spacial score (nSPS) is 12.9. The molecule has 18 heavy (non-hydrogen) atoms. The SMILES string of the molecule is CC(C)CN(CC(N)=O)C(C)c1ccc(O)cc1. The summed E-state index contributed by atoms with van der Waals surface area (Å²) in [6.07, 6.45) is 0. The van der Waals surface area contributed by atoms with Crippen LogP contribution in [0.2, 0.25) is 0 Å². The number of rotatable bonds is 6. The Kier molecular flexibility index (Phi) is 5.16. The summed E-state index contributed by atoms with van der Waals surface area (Å²) in [5.41, 5.74) is 6.35. The fraction of sp³-hybridized carbons (Fsp3) is 0.500. The highest BCUT2D eigenvalue weighted by Gasteiger charge is 2.18. The molecule has 1 aromatic rings. The molecular weight excluding hydrogens is 228 g/mol. The third kappa shape index (κ3) is 4.37. The Bertz CT molecular complexity index is 387. The Morgan fingerprint density at radius 3 is 2.28 bits per heavy atom. The van der Waals surface area contributed by atoms with E-state index in [4.69, 9.17) is 5.73 Å². The summed E-state index contributed by atoms with van der Waals surface area (Å²) in [6.45, 7) is 7.32. The number of amides is 1. The molecule has 0 spiro atoms. The van der Waals surface area contributed by atoms with Crippen molar-refractivity contribution in [1.82, 2.24) is 4.90 Å². The second-order valence-corrected chi connectivity index (χ2v) is 5.06. The van der Waals surface area contributed by atoms with E-state index in [9.17, 15) is 9.90 Å². The molecule has 0 aliphatic rings. The first kappa shape index (κ1) is 14.5. The molecule has 1 rings (SSSR count). The molecule has 0 aromatic heterocycles. The third-order valence-corrected chi connectivity index (χ3v) is 2.88. The molecule has 1 atom stereocenters. The highest BCUT2D eigenvalue weighted by molar-refractivity contribution is 5.76. The molecule has 1 aromatic carbocycles. The van der Waals surface area contributed by atoms with E-state index in [-0.39, 0.29) is 24.2 Å². The van der Waals surface area contributed by atoms with Gasteiger partial charge in [-0.05, 0) is 30.5 Å². The minimum Gasteiger partial charge on any atom is -0.508 e. The molecule has 4 heteroatoms. The molecule has 1 amide bonds. The average molecular weight is 250 g/mol. The van der Waals surface area contributed by atoms with Crippen molar-refractivity contribution in [2.45, 2.75) is 26.8 Å². The maximum Gasteiger partial charge on any atom is 0.231 e. The van der Waals surface area contributed by atoms with Crippen molar-refractivity contribution in [2.75, 3.05) is 13.1 Å². The van der Waals surface area contributed by atoms with Gasteiger partial charge in [-0.2, -0.15) is 0 Å². The summed E-state index contributed by atoms with van der Waals surface area (Å²) in [7, 11) is 0. The first-order valence-corrected chi connectivity index (χ1v) is 6.21. The Morgan fingerprint density at radius 2 is 1.83 bits per heavy atom. The van der Waals surface area contributed by atoms with Gasteiger partial charge in [-0.1, -0.05) is 26.0 Å². The zero-order valence-corrected chi connectivity index (χ0v) is 11.3. The minimum absolute atomic E-state index is 0.0977. The van der Waals surface area contributed by atoms with E-state index in [2.05, 4.69) is 18.7 Å². The van der Waals surface area contributed by atoms with Crippen molar-refractivity contribution in [3.63, 3.8) is 0 Å². The van der Waals surface area contributed by atoms with Crippen LogP contribution in [0.25, 0.3) is 0 Å². The third-order valence-electron chi connectivity index (χ3n) is 2.88. The number of phenols is 1. The molecule has 0 bridgehead atoms. The Morgan fingerprint density at radius 1 is 1.28 bits per heavy atom. The van der Waals surface area contributed by atoms with Crippen LogP contribution < -0.4 is 5.73 Å². The van der Waals surface area contributed by atoms with Gasteiger partial charge in [0.25, 0.3) is 0 Å². The molecule has 0 fully saturated rings. The molecule has 0 heterocycles. The number of carbonyl (C=O) groups excluding carboxylic acids is 1. The van der Waals surface area contributed by atoms with Crippen molar-refractivity contribution in [1.29, 1.82) is 0 Å². The van der Waals surface area contributed by atoms with Crippen LogP contribution in [0.4, 0.5) is 0 Å². The van der Waals surface area contributed by atoms with Gasteiger partial charge in [-0.3, -0.25) is 9.69 Å². The average Bonchev–Trinajstić information content (AvgIpc) is 2.27. The van der Waals surface area contributed by atoms with Gasteiger partial charge in [-0.25, -0.2) is 0 Å². The fourth-order valence-corrected chi connectivity index (χ4v) is 1.99. The molecule has 0 radical (unpaired) electrons. The van der Waals surface area contributed by atoms with E-state index in [1.54, 1.807) is 12.1 Å². The van der Waals surface area contributed by atoms with Crippen LogP contribution in [-0.2, 0) is 4.79 Å². The summed E-state index contributed by atoms with van der Waals surface area (Å²) in [4.78, 5) is 13.2. The monoisotopic (exact) mass is 250 g/mol. The topological polar surface area (TPSA) is 66.6 Å². The predicted octanol–water partition coefficient (Wildman–Crippen LogP) is 1.90. The molecule has 100 valence electrons. The summed E-state index contributed by atoms with van der Waals surface area (Å²) < 4.78 is 0. The highest BCUT2D eigenvalue weighted by atomic mass is 16.3. The van der Waals surface area contributed by atoms with Crippen LogP contribution in [-0.4, -0.2) is 29.0 Å². The standard InChI is InChI=1S/C14H22N2O2/c1-10(2)8-16(9-14(15)18)11(3)12-4-6-13(17)7-5-12/h4-7,10-11,17H,8-9H2,1-3H3,(H2,15,18). The van der Waals surface area contributed by atoms with Gasteiger partial charge in [0.05, 0.1) is 6.54 Å². The van der Waals surface area contributed by atoms with Gasteiger partial charge < -0.3 is 10.8 Å². The van der Waals surface area contributed by atoms with Crippen LogP contribution in [0.3, 0.4) is 0 Å². The van der Waals surface area contributed by atoms with Crippen LogP contribution in [0.15, 0.2) is 24.3 Å². The molecule has 0 saturated heterocycles. The number of primary amides is 1. The number of carbonyl (C=O) groups is 1. The minimum atomic E-state index is -0.318. The van der Waals surface area contributed by atoms with Crippen molar-refractivity contribution in [2.24, 2.45) is 11.7 Å². The van der Waals surface area contributed by atoms with Crippen molar-refractivity contribution >= 4 is 5.91 Å². The van der Waals surface area contributed by atoms with Gasteiger partial charge in [0.2, 0.25) is 5.91 Å². The quantitative estimate of drug-likeness (QED) is 0.810. The number of nitrogens with zero attached hydrogens (tertiary/aromatic N) is 1. The molecule has 0 aliphatic heterocycles. The first-order valence-electron chi connectivity index (χ1n) is 6.21. The molecule has 3 N–H and O–H groups in total. The van der Waals surface area contributed by atoms with Gasteiger partial charge in [0, 0.05) is 12.6 Å². The number of phenolic OH excluding ortho intramolecular Hbond substituents is 1. The maximum atomic E-state index is 11.1. The highest BCUT2D eigenvalue weighted by Crippen LogP contribution is 2.22. The summed E-state index contributed by atoms with van der Waals surface area (Å²) >= 11 is 0. The lowest BCUT2D eigenvalue weighted by Gasteiger charge is -2.29. The van der Waals surface area contributed by atoms with Gasteiger partial charge in [0.1, 0.15) is 5.75 Å². The Labute approximate surface area is 108 Å². The Hall–Kier alpha value is -1.55. The van der Waals surface area contributed by atoms with E-state index < -0.39 is 0 Å². The number of nitrogens with two attached hydrogens (primary N) is 1. The van der Waals surface area contributed by atoms with Crippen molar-refractivity contribution < 1.29 is 9.90 Å². The zero-order valence-electron chi connectivity index (χ0n) is 11.3. The van der Waals surface area contributed by atoms with Crippen LogP contribution >= 0.6 is 0 Å². The summed E-state index contributed by atoms with van der Waals surface area (Å²) in [5, 5.41) is 9.28. The fourth-order valence-electron chi connectivity index (χ4n) is 1.99. The lowest BCUT2D eigenvalue weighted by Crippen LogP contribution is -2.38. The van der Waals surface area contributed by atoms with Crippen molar-refractivity contribution in [3.8, 4) is 5.75 Å². The molecular formula is C14H22N2O2. The number of hydrogen-bond acceptors (Lipinski definition) is 3. The van der Waals surface area contributed by atoms with Crippen LogP contribution in [0.1, 0.15) is 32.4 Å². The van der Waals surface area contributed by atoms with Crippen LogP contribution in [0.5, 0.6) is 5.75 Å². The molecule has 0 aliphatic carbocycles. The van der Waals surface area contributed by atoms with E-state index in [1.165, 1.54) is 0 Å². The Balaban J connectivity index is 2.83. The second-order valence-electron chi connectivity index (χ2n) is 5.06. The number of aromatic hydroxyl groups is 1. The molecule has 4 nitrogen and oxygen atoms in total. The smallest absolute Gasteiger partial charge is 0.231 e. The van der Waals surface area contributed by atoms with E-state index in [0.717, 1.165) is 12.1 Å². The van der Waals surface area contributed by atoms with E-state index in [1.807, 2.05) is 19.1 Å². The van der Waals surface area contributed by atoms with Gasteiger partial charge >= 0.3 is 0 Å². The number of hydrogen-bond donors (Lipinski definition) is 2. The zero-order chi connectivity index (χ0) is 13.7. The van der Waals surface area contributed by atoms with Gasteiger partial charge in [-0.15, -0.1) is 0 Å². The number of benzene rings is 1. The van der Waals surface area contributed by atoms with Crippen LogP contribution in [0, 0.1) is 5.92 Å². The van der Waals surface area contributed by atoms with Gasteiger partial charge in [0.15, 0.2) is 0 Å². The van der Waals surface area contributed by atoms with E-state index >= 15 is 0 Å². The maximum absolute atomic E-state index is 11.1. The lowest BCUT2D eigenvalue weighted by molar-refractivity contribution is -0.119. The van der Waals surface area contributed by atoms with Crippen molar-refractivity contribution in [3.05, 3.63) is 29.8 Å². The molecule has 1 unspecified atom stereocenters. The van der Waals surface area contributed by atoms with E-state index in [0.29, 0.717) is 5.92 Å². The second kappa shape index (κ2) is 6.40. The summed E-state index contributed by atoms with van der Waals surface area (Å²) in [5.74, 6) is 0.390. The molecule has 0 saturated carbocycles. The largest absolute Gasteiger partial charge is 0.508 e. The predicted molar refractivity (Wildman–Crippen MR) is 72.1 cm³/mol.